The molecule has 0 saturated carbocycles. The maximum Gasteiger partial charge on any atom is 0.246 e. The first-order valence-electron chi connectivity index (χ1n) is 5.75. The molecule has 0 aliphatic heterocycles. The summed E-state index contributed by atoms with van der Waals surface area (Å²) in [5.74, 6) is -0.797. The van der Waals surface area contributed by atoms with Gasteiger partial charge in [0.05, 0.1) is 6.21 Å². The number of amides is 1. The molecule has 0 aliphatic rings. The molecule has 2 aromatic carbocycles. The number of hydrogen-bond donors (Lipinski definition) is 2. The highest BCUT2D eigenvalue weighted by molar-refractivity contribution is 5.96. The molecule has 0 fully saturated rings. The van der Waals surface area contributed by atoms with Crippen LogP contribution in [0.15, 0.2) is 47.6 Å². The van der Waals surface area contributed by atoms with Crippen LogP contribution in [0.3, 0.4) is 0 Å². The quantitative estimate of drug-likeness (QED) is 0.487. The molecule has 0 saturated heterocycles. The van der Waals surface area contributed by atoms with Crippen molar-refractivity contribution in [2.45, 2.75) is 6.92 Å². The van der Waals surface area contributed by atoms with Crippen LogP contribution >= 0.6 is 0 Å². The Morgan fingerprint density at radius 1 is 1.26 bits per heavy atom. The minimum absolute atomic E-state index is 0.399. The van der Waals surface area contributed by atoms with Crippen molar-refractivity contribution < 1.29 is 4.79 Å². The summed E-state index contributed by atoms with van der Waals surface area (Å²) in [4.78, 5) is 11.2. The third-order valence-electron chi connectivity index (χ3n) is 2.62. The van der Waals surface area contributed by atoms with Crippen LogP contribution < -0.4 is 5.73 Å². The zero-order valence-electron chi connectivity index (χ0n) is 10.5. The van der Waals surface area contributed by atoms with Crippen LogP contribution in [0.4, 0.5) is 0 Å². The molecule has 0 unspecified atom stereocenters. The van der Waals surface area contributed by atoms with E-state index in [2.05, 4.69) is 5.10 Å². The van der Waals surface area contributed by atoms with Crippen LogP contribution in [0.1, 0.15) is 12.5 Å². The fourth-order valence-electron chi connectivity index (χ4n) is 1.73. The molecule has 5 nitrogen and oxygen atoms in total. The maximum absolute atomic E-state index is 11.2. The van der Waals surface area contributed by atoms with E-state index in [1.165, 1.54) is 13.1 Å². The van der Waals surface area contributed by atoms with Gasteiger partial charge in [-0.1, -0.05) is 36.4 Å². The van der Waals surface area contributed by atoms with Gasteiger partial charge in [0, 0.05) is 6.92 Å². The van der Waals surface area contributed by atoms with E-state index >= 15 is 0 Å². The molecule has 2 aromatic rings. The minimum atomic E-state index is -0.399. The lowest BCUT2D eigenvalue weighted by molar-refractivity contribution is -0.125. The molecular weight excluding hydrogens is 240 g/mol. The van der Waals surface area contributed by atoms with E-state index in [1.807, 2.05) is 42.5 Å². The Bertz CT molecular complexity index is 649. The fraction of sp³-hybridized carbons (Fsp3) is 0.0714. The molecule has 1 amide bonds. The lowest BCUT2D eigenvalue weighted by atomic mass is 10.1. The Balaban J connectivity index is 2.30. The van der Waals surface area contributed by atoms with E-state index in [1.54, 1.807) is 0 Å². The van der Waals surface area contributed by atoms with Gasteiger partial charge in [0.1, 0.15) is 0 Å². The van der Waals surface area contributed by atoms with Crippen molar-refractivity contribution in [3.05, 3.63) is 48.0 Å². The molecular formula is C14H14N4O. The lowest BCUT2D eigenvalue weighted by Crippen LogP contribution is -2.35. The van der Waals surface area contributed by atoms with E-state index in [0.717, 1.165) is 21.3 Å². The van der Waals surface area contributed by atoms with Gasteiger partial charge in [-0.15, -0.1) is 0 Å². The lowest BCUT2D eigenvalue weighted by Gasteiger charge is -2.11. The highest BCUT2D eigenvalue weighted by atomic mass is 16.2. The second kappa shape index (κ2) is 5.30. The Labute approximate surface area is 110 Å². The first-order chi connectivity index (χ1) is 9.08. The van der Waals surface area contributed by atoms with Crippen molar-refractivity contribution in [3.63, 3.8) is 0 Å². The number of hydrogen-bond acceptors (Lipinski definition) is 3. The fourth-order valence-corrected chi connectivity index (χ4v) is 1.73. The summed E-state index contributed by atoms with van der Waals surface area (Å²) in [7, 11) is 0. The van der Waals surface area contributed by atoms with Gasteiger partial charge < -0.3 is 5.73 Å². The van der Waals surface area contributed by atoms with Crippen molar-refractivity contribution in [2.24, 2.45) is 10.8 Å². The number of hydrazone groups is 1. The first kappa shape index (κ1) is 12.8. The van der Waals surface area contributed by atoms with Crippen LogP contribution in [0, 0.1) is 5.41 Å². The summed E-state index contributed by atoms with van der Waals surface area (Å²) in [6.07, 6.45) is 1.51. The number of fused-ring (bicyclic) bond motifs is 1. The third kappa shape index (κ3) is 2.95. The SMILES string of the molecule is CC(=O)N(/N=C/c1ccc2ccccc2c1)C(=N)N. The monoisotopic (exact) mass is 254 g/mol. The second-order valence-electron chi connectivity index (χ2n) is 4.07. The number of guanidine groups is 1. The summed E-state index contributed by atoms with van der Waals surface area (Å²) in [6, 6.07) is 13.8. The van der Waals surface area contributed by atoms with Crippen molar-refractivity contribution in [2.75, 3.05) is 0 Å². The molecule has 0 aromatic heterocycles. The Morgan fingerprint density at radius 3 is 2.58 bits per heavy atom. The number of carbonyl (C=O) groups is 1. The second-order valence-corrected chi connectivity index (χ2v) is 4.07. The van der Waals surface area contributed by atoms with Gasteiger partial charge in [0.25, 0.3) is 0 Å². The first-order valence-corrected chi connectivity index (χ1v) is 5.75. The molecule has 19 heavy (non-hydrogen) atoms. The smallest absolute Gasteiger partial charge is 0.246 e. The van der Waals surface area contributed by atoms with Crippen LogP contribution in [0.5, 0.6) is 0 Å². The van der Waals surface area contributed by atoms with Crippen molar-refractivity contribution >= 4 is 28.9 Å². The third-order valence-corrected chi connectivity index (χ3v) is 2.62. The molecule has 3 N–H and O–H groups in total. The van der Waals surface area contributed by atoms with Crippen LogP contribution in [0.2, 0.25) is 0 Å². The topological polar surface area (TPSA) is 82.5 Å². The molecule has 0 atom stereocenters. The van der Waals surface area contributed by atoms with E-state index in [0.29, 0.717) is 0 Å². The minimum Gasteiger partial charge on any atom is -0.368 e. The number of benzene rings is 2. The van der Waals surface area contributed by atoms with Crippen molar-refractivity contribution in [1.82, 2.24) is 5.01 Å². The molecule has 2 rings (SSSR count). The van der Waals surface area contributed by atoms with E-state index in [9.17, 15) is 4.79 Å². The van der Waals surface area contributed by atoms with Crippen molar-refractivity contribution in [3.8, 4) is 0 Å². The average molecular weight is 254 g/mol. The molecule has 0 spiro atoms. The van der Waals surface area contributed by atoms with E-state index in [-0.39, 0.29) is 0 Å². The summed E-state index contributed by atoms with van der Waals surface area (Å²) < 4.78 is 0. The zero-order valence-corrected chi connectivity index (χ0v) is 10.5. The summed E-state index contributed by atoms with van der Waals surface area (Å²) >= 11 is 0. The number of rotatable bonds is 2. The van der Waals surface area contributed by atoms with Crippen LogP contribution in [-0.2, 0) is 4.79 Å². The molecule has 96 valence electrons. The molecule has 0 bridgehead atoms. The normalized spacial score (nSPS) is 10.8. The van der Waals surface area contributed by atoms with Crippen LogP contribution in [0.25, 0.3) is 10.8 Å². The summed E-state index contributed by atoms with van der Waals surface area (Å²) in [6.45, 7) is 1.30. The number of nitrogens with zero attached hydrogens (tertiary/aromatic N) is 2. The highest BCUT2D eigenvalue weighted by Crippen LogP contribution is 2.14. The maximum atomic E-state index is 11.2. The predicted octanol–water partition coefficient (Wildman–Crippen LogP) is 1.92. The van der Waals surface area contributed by atoms with E-state index < -0.39 is 11.9 Å². The van der Waals surface area contributed by atoms with Crippen LogP contribution in [-0.4, -0.2) is 23.1 Å². The Morgan fingerprint density at radius 2 is 1.95 bits per heavy atom. The number of carbonyl (C=O) groups excluding carboxylic acids is 1. The summed E-state index contributed by atoms with van der Waals surface area (Å²) in [5, 5.41) is 14.2. The van der Waals surface area contributed by atoms with Gasteiger partial charge in [0.2, 0.25) is 11.9 Å². The van der Waals surface area contributed by atoms with Gasteiger partial charge >= 0.3 is 0 Å². The van der Waals surface area contributed by atoms with Gasteiger partial charge in [0.15, 0.2) is 0 Å². The highest BCUT2D eigenvalue weighted by Gasteiger charge is 2.08. The summed E-state index contributed by atoms with van der Waals surface area (Å²) in [5.41, 5.74) is 6.11. The number of nitrogens with one attached hydrogen (secondary N) is 1. The standard InChI is InChI=1S/C14H14N4O/c1-10(19)18(14(15)16)17-9-11-6-7-12-4-2-3-5-13(12)8-11/h2-9H,1H3,(H3,15,16)/b17-9+. The van der Waals surface area contributed by atoms with Gasteiger partial charge in [-0.3, -0.25) is 10.2 Å². The van der Waals surface area contributed by atoms with Gasteiger partial charge in [-0.25, -0.2) is 0 Å². The van der Waals surface area contributed by atoms with Gasteiger partial charge in [-0.2, -0.15) is 10.1 Å². The number of nitrogens with two attached hydrogens (primary N) is 1. The average Bonchev–Trinajstić information content (AvgIpc) is 2.38. The molecule has 0 heterocycles. The Kier molecular flexibility index (Phi) is 3.56. The van der Waals surface area contributed by atoms with E-state index in [4.69, 9.17) is 11.1 Å². The molecule has 0 radical (unpaired) electrons. The van der Waals surface area contributed by atoms with Gasteiger partial charge in [-0.05, 0) is 22.4 Å². The zero-order chi connectivity index (χ0) is 13.8. The predicted molar refractivity (Wildman–Crippen MR) is 76.0 cm³/mol. The molecule has 0 aliphatic carbocycles. The Hall–Kier alpha value is -2.69. The molecule has 5 heteroatoms. The largest absolute Gasteiger partial charge is 0.368 e. The van der Waals surface area contributed by atoms with Crippen molar-refractivity contribution in [1.29, 1.82) is 5.41 Å².